The fourth-order valence-electron chi connectivity index (χ4n) is 4.81. The maximum absolute atomic E-state index is 13.9. The molecule has 10 heteroatoms. The Bertz CT molecular complexity index is 1610. The summed E-state index contributed by atoms with van der Waals surface area (Å²) in [6.45, 7) is 1.39. The molecule has 42 heavy (non-hydrogen) atoms. The normalized spacial score (nSPS) is 16.2. The van der Waals surface area contributed by atoms with Gasteiger partial charge in [0.05, 0.1) is 23.4 Å². The van der Waals surface area contributed by atoms with Crippen molar-refractivity contribution in [3.05, 3.63) is 107 Å². The number of amidine groups is 1. The van der Waals surface area contributed by atoms with E-state index >= 15 is 0 Å². The van der Waals surface area contributed by atoms with E-state index in [9.17, 15) is 18.4 Å². The number of halogens is 3. The van der Waals surface area contributed by atoms with Gasteiger partial charge >= 0.3 is 6.18 Å². The van der Waals surface area contributed by atoms with Crippen molar-refractivity contribution < 1.29 is 13.2 Å². The summed E-state index contributed by atoms with van der Waals surface area (Å²) in [5, 5.41) is 20.3. The minimum Gasteiger partial charge on any atom is -0.339 e. The van der Waals surface area contributed by atoms with Crippen molar-refractivity contribution in [3.63, 3.8) is 0 Å². The maximum Gasteiger partial charge on any atom is 0.435 e. The highest BCUT2D eigenvalue weighted by Gasteiger charge is 2.36. The molecule has 2 aliphatic carbocycles. The van der Waals surface area contributed by atoms with E-state index in [2.05, 4.69) is 20.7 Å². The van der Waals surface area contributed by atoms with E-state index in [-0.39, 0.29) is 17.6 Å². The molecule has 0 bridgehead atoms. The topological polar surface area (TPSA) is 90.9 Å². The number of aromatic nitrogens is 3. The van der Waals surface area contributed by atoms with Crippen LogP contribution in [0, 0.1) is 23.2 Å². The van der Waals surface area contributed by atoms with E-state index in [1.807, 2.05) is 48.7 Å². The van der Waals surface area contributed by atoms with Gasteiger partial charge in [-0.3, -0.25) is 9.98 Å². The average Bonchev–Trinajstić information content (AvgIpc) is 3.94. The SMILES string of the molecule is N#Cc1cccc(-n2nc(C(F)(F)F)cc2C(=NCC2CC2)Nc2cccc(C(NCC3CC3)c3cccnc3)c2)c1. The molecule has 2 heterocycles. The zero-order valence-electron chi connectivity index (χ0n) is 22.9. The van der Waals surface area contributed by atoms with Crippen LogP contribution >= 0.6 is 0 Å². The fraction of sp³-hybridized carbons (Fsp3) is 0.312. The molecule has 0 aliphatic heterocycles. The van der Waals surface area contributed by atoms with Gasteiger partial charge in [-0.25, -0.2) is 4.68 Å². The Morgan fingerprint density at radius 2 is 1.79 bits per heavy atom. The van der Waals surface area contributed by atoms with Gasteiger partial charge in [0, 0.05) is 30.7 Å². The molecule has 2 N–H and O–H groups in total. The molecule has 7 nitrogen and oxygen atoms in total. The number of hydrogen-bond acceptors (Lipinski definition) is 5. The van der Waals surface area contributed by atoms with Crippen LogP contribution in [0.2, 0.25) is 0 Å². The van der Waals surface area contributed by atoms with Gasteiger partial charge in [0.2, 0.25) is 0 Å². The Morgan fingerprint density at radius 1 is 1.00 bits per heavy atom. The highest BCUT2D eigenvalue weighted by Crippen LogP contribution is 2.33. The van der Waals surface area contributed by atoms with Crippen molar-refractivity contribution >= 4 is 11.5 Å². The maximum atomic E-state index is 13.9. The van der Waals surface area contributed by atoms with E-state index < -0.39 is 11.9 Å². The second-order valence-corrected chi connectivity index (χ2v) is 10.9. The molecule has 2 aromatic heterocycles. The Labute approximate surface area is 242 Å². The van der Waals surface area contributed by atoms with Crippen LogP contribution in [0.3, 0.4) is 0 Å². The van der Waals surface area contributed by atoms with Crippen molar-refractivity contribution in [1.82, 2.24) is 20.1 Å². The summed E-state index contributed by atoms with van der Waals surface area (Å²) in [4.78, 5) is 9.07. The molecule has 2 aliphatic rings. The van der Waals surface area contributed by atoms with Crippen molar-refractivity contribution in [2.75, 3.05) is 18.4 Å². The summed E-state index contributed by atoms with van der Waals surface area (Å²) in [6.07, 6.45) is 3.47. The molecule has 1 unspecified atom stereocenters. The second kappa shape index (κ2) is 11.8. The summed E-state index contributed by atoms with van der Waals surface area (Å²) in [6, 6.07) is 21.1. The Kier molecular flexibility index (Phi) is 7.76. The molecular formula is C32H30F3N7. The van der Waals surface area contributed by atoms with Gasteiger partial charge in [0.1, 0.15) is 5.69 Å². The standard InChI is InChI=1S/C32H30F3N7/c33-32(34,35)29-16-28(42(41-29)27-8-1-4-23(14-27)17-36)31(39-19-22-11-12-22)40-26-7-2-5-24(15-26)30(38-18-21-9-10-21)25-6-3-13-37-20-25/h1-8,13-16,20-22,30,38H,9-12,18-19H2,(H,39,40). The quantitative estimate of drug-likeness (QED) is 0.168. The number of alkyl halides is 3. The third-order valence-electron chi connectivity index (χ3n) is 7.47. The van der Waals surface area contributed by atoms with E-state index in [1.165, 1.54) is 23.6 Å². The van der Waals surface area contributed by atoms with Gasteiger partial charge in [-0.05, 0) is 91.6 Å². The van der Waals surface area contributed by atoms with Crippen molar-refractivity contribution in [2.24, 2.45) is 16.8 Å². The van der Waals surface area contributed by atoms with E-state index in [1.54, 1.807) is 24.4 Å². The van der Waals surface area contributed by atoms with Crippen LogP contribution in [0.15, 0.2) is 84.1 Å². The minimum atomic E-state index is -4.65. The number of nitriles is 1. The molecule has 1 atom stereocenters. The zero-order chi connectivity index (χ0) is 29.1. The van der Waals surface area contributed by atoms with Gasteiger partial charge in [0.15, 0.2) is 11.5 Å². The van der Waals surface area contributed by atoms with Crippen LogP contribution in [0.25, 0.3) is 5.69 Å². The monoisotopic (exact) mass is 569 g/mol. The molecule has 0 saturated heterocycles. The smallest absolute Gasteiger partial charge is 0.339 e. The van der Waals surface area contributed by atoms with Gasteiger partial charge in [0.25, 0.3) is 0 Å². The lowest BCUT2D eigenvalue weighted by molar-refractivity contribution is -0.141. The van der Waals surface area contributed by atoms with Crippen molar-refractivity contribution in [2.45, 2.75) is 37.9 Å². The van der Waals surface area contributed by atoms with Crippen LogP contribution in [-0.2, 0) is 6.18 Å². The van der Waals surface area contributed by atoms with Crippen LogP contribution in [-0.4, -0.2) is 33.7 Å². The van der Waals surface area contributed by atoms with Gasteiger partial charge in [-0.1, -0.05) is 24.3 Å². The molecule has 2 aromatic carbocycles. The van der Waals surface area contributed by atoms with Crippen LogP contribution in [0.1, 0.15) is 59.8 Å². The van der Waals surface area contributed by atoms with Crippen molar-refractivity contribution in [1.29, 1.82) is 5.26 Å². The number of rotatable bonds is 10. The lowest BCUT2D eigenvalue weighted by Crippen LogP contribution is -2.25. The third kappa shape index (κ3) is 6.69. The molecule has 2 fully saturated rings. The Hall–Kier alpha value is -4.49. The first-order chi connectivity index (χ1) is 20.4. The summed E-state index contributed by atoms with van der Waals surface area (Å²) in [5.41, 5.74) is 2.52. The molecule has 0 radical (unpaired) electrons. The average molecular weight is 570 g/mol. The number of nitrogens with zero attached hydrogens (tertiary/aromatic N) is 5. The van der Waals surface area contributed by atoms with Crippen molar-refractivity contribution in [3.8, 4) is 11.8 Å². The van der Waals surface area contributed by atoms with Gasteiger partial charge in [-0.15, -0.1) is 0 Å². The predicted molar refractivity (Wildman–Crippen MR) is 154 cm³/mol. The van der Waals surface area contributed by atoms with E-state index in [4.69, 9.17) is 4.99 Å². The first-order valence-corrected chi connectivity index (χ1v) is 14.1. The predicted octanol–water partition coefficient (Wildman–Crippen LogP) is 6.52. The number of aliphatic imine (C=N–C) groups is 1. The van der Waals surface area contributed by atoms with Crippen LogP contribution in [0.5, 0.6) is 0 Å². The highest BCUT2D eigenvalue weighted by atomic mass is 19.4. The zero-order valence-corrected chi connectivity index (χ0v) is 22.9. The fourth-order valence-corrected chi connectivity index (χ4v) is 4.81. The number of benzene rings is 2. The largest absolute Gasteiger partial charge is 0.435 e. The van der Waals surface area contributed by atoms with Crippen LogP contribution in [0.4, 0.5) is 18.9 Å². The Balaban J connectivity index is 1.37. The highest BCUT2D eigenvalue weighted by molar-refractivity contribution is 6.07. The molecule has 4 aromatic rings. The number of nitrogens with one attached hydrogen (secondary N) is 2. The minimum absolute atomic E-state index is 0.0935. The van der Waals surface area contributed by atoms with E-state index in [0.717, 1.165) is 36.6 Å². The molecule has 0 spiro atoms. The number of pyridine rings is 1. The number of anilines is 1. The van der Waals surface area contributed by atoms with Crippen LogP contribution < -0.4 is 10.6 Å². The lowest BCUT2D eigenvalue weighted by atomic mass is 9.99. The van der Waals surface area contributed by atoms with E-state index in [0.29, 0.717) is 35.3 Å². The molecule has 2 saturated carbocycles. The summed E-state index contributed by atoms with van der Waals surface area (Å²) < 4.78 is 42.9. The number of hydrogen-bond donors (Lipinski definition) is 2. The summed E-state index contributed by atoms with van der Waals surface area (Å²) >= 11 is 0. The molecule has 214 valence electrons. The van der Waals surface area contributed by atoms with Gasteiger partial charge in [-0.2, -0.15) is 23.5 Å². The summed E-state index contributed by atoms with van der Waals surface area (Å²) in [7, 11) is 0. The lowest BCUT2D eigenvalue weighted by Gasteiger charge is -2.21. The summed E-state index contributed by atoms with van der Waals surface area (Å²) in [5.74, 6) is 1.37. The first-order valence-electron chi connectivity index (χ1n) is 14.1. The molecular weight excluding hydrogens is 539 g/mol. The third-order valence-corrected chi connectivity index (χ3v) is 7.47. The Morgan fingerprint density at radius 3 is 2.50 bits per heavy atom. The second-order valence-electron chi connectivity index (χ2n) is 10.9. The first kappa shape index (κ1) is 27.7. The molecule has 6 rings (SSSR count). The van der Waals surface area contributed by atoms with Gasteiger partial charge < -0.3 is 10.6 Å². The molecule has 0 amide bonds.